The van der Waals surface area contributed by atoms with Gasteiger partial charge >= 0.3 is 0 Å². The Morgan fingerprint density at radius 1 is 1.00 bits per heavy atom. The van der Waals surface area contributed by atoms with E-state index in [2.05, 4.69) is 20.5 Å². The molecule has 7 heteroatoms. The second-order valence-electron chi connectivity index (χ2n) is 7.03. The quantitative estimate of drug-likeness (QED) is 0.740. The van der Waals surface area contributed by atoms with Gasteiger partial charge in [0.15, 0.2) is 0 Å². The molecule has 0 bridgehead atoms. The molecule has 28 heavy (non-hydrogen) atoms. The molecule has 1 aromatic heterocycles. The van der Waals surface area contributed by atoms with Crippen molar-refractivity contribution >= 4 is 28.2 Å². The molecule has 1 aliphatic heterocycles. The van der Waals surface area contributed by atoms with Crippen LogP contribution in [0.5, 0.6) is 0 Å². The first-order chi connectivity index (χ1) is 13.7. The maximum Gasteiger partial charge on any atom is 0.277 e. The first kappa shape index (κ1) is 18.2. The van der Waals surface area contributed by atoms with Gasteiger partial charge in [-0.1, -0.05) is 17.3 Å². The average molecular weight is 377 g/mol. The first-order valence-electron chi connectivity index (χ1n) is 9.68. The highest BCUT2D eigenvalue weighted by atomic mass is 16.2. The van der Waals surface area contributed by atoms with Crippen LogP contribution in [0.3, 0.4) is 0 Å². The molecule has 0 saturated carbocycles. The van der Waals surface area contributed by atoms with Crippen LogP contribution in [0.2, 0.25) is 0 Å². The summed E-state index contributed by atoms with van der Waals surface area (Å²) >= 11 is 0. The van der Waals surface area contributed by atoms with Crippen LogP contribution in [0.1, 0.15) is 25.7 Å². The number of rotatable bonds is 5. The number of aryl methyl sites for hydroxylation is 1. The third kappa shape index (κ3) is 4.03. The highest BCUT2D eigenvalue weighted by molar-refractivity contribution is 5.90. The number of benzene rings is 2. The fraction of sp³-hybridized carbons (Fsp3) is 0.333. The summed E-state index contributed by atoms with van der Waals surface area (Å²) in [6.07, 6.45) is 3.92. The monoisotopic (exact) mass is 377 g/mol. The molecule has 0 aliphatic carbocycles. The number of carbonyl (C=O) groups is 1. The molecule has 2 heterocycles. The zero-order valence-electron chi connectivity index (χ0n) is 15.7. The number of piperidine rings is 1. The van der Waals surface area contributed by atoms with Gasteiger partial charge in [0.25, 0.3) is 5.56 Å². The summed E-state index contributed by atoms with van der Waals surface area (Å²) in [6, 6.07) is 15.0. The largest absolute Gasteiger partial charge is 0.372 e. The van der Waals surface area contributed by atoms with Crippen LogP contribution in [0.4, 0.5) is 11.4 Å². The van der Waals surface area contributed by atoms with Gasteiger partial charge < -0.3 is 10.2 Å². The molecular formula is C21H23N5O2. The van der Waals surface area contributed by atoms with Crippen molar-refractivity contribution in [1.82, 2.24) is 15.0 Å². The minimum atomic E-state index is -0.232. The van der Waals surface area contributed by atoms with Gasteiger partial charge in [0, 0.05) is 30.9 Å². The fourth-order valence-electron chi connectivity index (χ4n) is 3.51. The Balaban J connectivity index is 1.36. The van der Waals surface area contributed by atoms with Crippen molar-refractivity contribution in [1.29, 1.82) is 0 Å². The molecule has 0 unspecified atom stereocenters. The average Bonchev–Trinajstić information content (AvgIpc) is 2.75. The maximum atomic E-state index is 12.4. The van der Waals surface area contributed by atoms with E-state index in [4.69, 9.17) is 0 Å². The van der Waals surface area contributed by atoms with E-state index in [9.17, 15) is 9.59 Å². The van der Waals surface area contributed by atoms with E-state index < -0.39 is 0 Å². The molecule has 2 aromatic carbocycles. The van der Waals surface area contributed by atoms with Crippen molar-refractivity contribution < 1.29 is 4.79 Å². The van der Waals surface area contributed by atoms with Crippen molar-refractivity contribution in [2.24, 2.45) is 0 Å². The third-order valence-corrected chi connectivity index (χ3v) is 5.05. The van der Waals surface area contributed by atoms with E-state index in [1.807, 2.05) is 30.3 Å². The molecule has 144 valence electrons. The van der Waals surface area contributed by atoms with Crippen LogP contribution in [0, 0.1) is 0 Å². The van der Waals surface area contributed by atoms with Gasteiger partial charge in [-0.15, -0.1) is 5.10 Å². The number of carbonyl (C=O) groups excluding carboxylic acids is 1. The van der Waals surface area contributed by atoms with Gasteiger partial charge in [-0.3, -0.25) is 9.59 Å². The Kier molecular flexibility index (Phi) is 5.32. The molecule has 1 amide bonds. The van der Waals surface area contributed by atoms with Gasteiger partial charge in [-0.25, -0.2) is 4.68 Å². The van der Waals surface area contributed by atoms with Gasteiger partial charge in [-0.05, 0) is 55.7 Å². The van der Waals surface area contributed by atoms with Gasteiger partial charge in [-0.2, -0.15) is 0 Å². The van der Waals surface area contributed by atoms with Crippen molar-refractivity contribution in [3.8, 4) is 0 Å². The van der Waals surface area contributed by atoms with Crippen LogP contribution in [0.25, 0.3) is 10.9 Å². The molecule has 1 aliphatic rings. The summed E-state index contributed by atoms with van der Waals surface area (Å²) in [4.78, 5) is 27.0. The van der Waals surface area contributed by atoms with E-state index >= 15 is 0 Å². The molecular weight excluding hydrogens is 354 g/mol. The first-order valence-corrected chi connectivity index (χ1v) is 9.68. The van der Waals surface area contributed by atoms with Crippen LogP contribution in [-0.2, 0) is 11.3 Å². The number of aromatic nitrogens is 3. The lowest BCUT2D eigenvalue weighted by Crippen LogP contribution is -2.29. The second-order valence-corrected chi connectivity index (χ2v) is 7.03. The molecule has 1 fully saturated rings. The lowest BCUT2D eigenvalue weighted by molar-refractivity contribution is -0.116. The van der Waals surface area contributed by atoms with Gasteiger partial charge in [0.2, 0.25) is 5.91 Å². The number of fused-ring (bicyclic) bond motifs is 1. The topological polar surface area (TPSA) is 80.1 Å². The molecule has 0 radical (unpaired) electrons. The zero-order chi connectivity index (χ0) is 19.3. The Morgan fingerprint density at radius 2 is 1.75 bits per heavy atom. The van der Waals surface area contributed by atoms with E-state index in [0.717, 1.165) is 18.8 Å². The Hall–Kier alpha value is -3.22. The summed E-state index contributed by atoms with van der Waals surface area (Å²) in [5.41, 5.74) is 2.27. The number of hydrogen-bond donors (Lipinski definition) is 1. The normalized spacial score (nSPS) is 14.2. The third-order valence-electron chi connectivity index (χ3n) is 5.05. The highest BCUT2D eigenvalue weighted by Crippen LogP contribution is 2.21. The Bertz CT molecular complexity index is 1020. The lowest BCUT2D eigenvalue weighted by Gasteiger charge is -2.28. The Labute approximate surface area is 163 Å². The maximum absolute atomic E-state index is 12.4. The van der Waals surface area contributed by atoms with Crippen molar-refractivity contribution in [3.63, 3.8) is 0 Å². The van der Waals surface area contributed by atoms with E-state index in [-0.39, 0.29) is 24.4 Å². The van der Waals surface area contributed by atoms with Crippen LogP contribution >= 0.6 is 0 Å². The predicted molar refractivity (Wildman–Crippen MR) is 110 cm³/mol. The van der Waals surface area contributed by atoms with Crippen molar-refractivity contribution in [2.45, 2.75) is 32.2 Å². The summed E-state index contributed by atoms with van der Waals surface area (Å²) in [5, 5.41) is 11.3. The van der Waals surface area contributed by atoms with Gasteiger partial charge in [0.1, 0.15) is 5.52 Å². The summed E-state index contributed by atoms with van der Waals surface area (Å²) < 4.78 is 1.24. The molecule has 4 rings (SSSR count). The molecule has 1 saturated heterocycles. The summed E-state index contributed by atoms with van der Waals surface area (Å²) in [6.45, 7) is 2.37. The fourth-order valence-corrected chi connectivity index (χ4v) is 3.51. The van der Waals surface area contributed by atoms with Crippen LogP contribution in [0.15, 0.2) is 53.3 Å². The van der Waals surface area contributed by atoms with Gasteiger partial charge in [0.05, 0.1) is 11.9 Å². The van der Waals surface area contributed by atoms with Crippen LogP contribution in [-0.4, -0.2) is 34.0 Å². The standard InChI is InChI=1S/C21H23N5O2/c27-20(12-15-26-21(28)18-6-2-3-7-19(18)23-24-26)22-16-8-10-17(11-9-16)25-13-4-1-5-14-25/h2-3,6-11H,1,4-5,12-15H2,(H,22,27). The minimum Gasteiger partial charge on any atom is -0.372 e. The number of amides is 1. The molecule has 3 aromatic rings. The summed E-state index contributed by atoms with van der Waals surface area (Å²) in [5.74, 6) is -0.160. The highest BCUT2D eigenvalue weighted by Gasteiger charge is 2.11. The second kappa shape index (κ2) is 8.21. The van der Waals surface area contributed by atoms with E-state index in [1.165, 1.54) is 29.6 Å². The number of anilines is 2. The smallest absolute Gasteiger partial charge is 0.277 e. The van der Waals surface area contributed by atoms with E-state index in [0.29, 0.717) is 10.9 Å². The zero-order valence-corrected chi connectivity index (χ0v) is 15.7. The number of nitrogens with one attached hydrogen (secondary N) is 1. The minimum absolute atomic E-state index is 0.154. The molecule has 0 spiro atoms. The molecule has 0 atom stereocenters. The Morgan fingerprint density at radius 3 is 2.54 bits per heavy atom. The summed E-state index contributed by atoms with van der Waals surface area (Å²) in [7, 11) is 0. The SMILES string of the molecule is O=C(CCn1nnc2ccccc2c1=O)Nc1ccc(N2CCCCC2)cc1. The molecule has 7 nitrogen and oxygen atoms in total. The van der Waals surface area contributed by atoms with Crippen molar-refractivity contribution in [2.75, 3.05) is 23.3 Å². The number of nitrogens with zero attached hydrogens (tertiary/aromatic N) is 4. The predicted octanol–water partition coefficient (Wildman–Crippen LogP) is 2.81. The lowest BCUT2D eigenvalue weighted by atomic mass is 10.1. The van der Waals surface area contributed by atoms with Crippen LogP contribution < -0.4 is 15.8 Å². The van der Waals surface area contributed by atoms with Crippen molar-refractivity contribution in [3.05, 3.63) is 58.9 Å². The van der Waals surface area contributed by atoms with E-state index in [1.54, 1.807) is 18.2 Å². The number of hydrogen-bond acceptors (Lipinski definition) is 5. The molecule has 1 N–H and O–H groups in total.